The predicted molar refractivity (Wildman–Crippen MR) is 116 cm³/mol. The lowest BCUT2D eigenvalue weighted by Crippen LogP contribution is -2.41. The molecule has 2 N–H and O–H groups in total. The van der Waals surface area contributed by atoms with Crippen LogP contribution in [0.2, 0.25) is 0 Å². The SMILES string of the molecule is CCNC(=NCc1ccc([N+](=O)[O-])cc1)NC1CCOc2ccccc21.I. The first-order valence-electron chi connectivity index (χ1n) is 8.67. The van der Waals surface area contributed by atoms with Crippen LogP contribution in [0.15, 0.2) is 53.5 Å². The van der Waals surface area contributed by atoms with Gasteiger partial charge in [-0.25, -0.2) is 4.99 Å². The molecular formula is C19H23IN4O3. The smallest absolute Gasteiger partial charge is 0.269 e. The molecule has 0 spiro atoms. The van der Waals surface area contributed by atoms with Gasteiger partial charge in [0.05, 0.1) is 24.1 Å². The highest BCUT2D eigenvalue weighted by Gasteiger charge is 2.21. The van der Waals surface area contributed by atoms with E-state index in [0.29, 0.717) is 19.1 Å². The Morgan fingerprint density at radius 2 is 2.00 bits per heavy atom. The monoisotopic (exact) mass is 482 g/mol. The van der Waals surface area contributed by atoms with Crippen LogP contribution in [0.1, 0.15) is 30.5 Å². The Kier molecular flexibility index (Phi) is 7.83. The van der Waals surface area contributed by atoms with E-state index in [0.717, 1.165) is 29.8 Å². The zero-order chi connectivity index (χ0) is 18.4. The lowest BCUT2D eigenvalue weighted by Gasteiger charge is -2.28. The molecule has 0 saturated heterocycles. The highest BCUT2D eigenvalue weighted by Crippen LogP contribution is 2.31. The number of nitro benzene ring substituents is 1. The van der Waals surface area contributed by atoms with E-state index in [1.807, 2.05) is 25.1 Å². The van der Waals surface area contributed by atoms with Crippen molar-refractivity contribution >= 4 is 35.6 Å². The molecule has 1 heterocycles. The molecule has 0 radical (unpaired) electrons. The van der Waals surface area contributed by atoms with Crippen LogP contribution < -0.4 is 15.4 Å². The minimum atomic E-state index is -0.402. The summed E-state index contributed by atoms with van der Waals surface area (Å²) in [6.45, 7) is 3.87. The molecule has 2 aromatic carbocycles. The summed E-state index contributed by atoms with van der Waals surface area (Å²) < 4.78 is 5.70. The van der Waals surface area contributed by atoms with Crippen LogP contribution in [-0.2, 0) is 6.54 Å². The van der Waals surface area contributed by atoms with Gasteiger partial charge in [-0.2, -0.15) is 0 Å². The molecule has 0 aliphatic carbocycles. The Hall–Kier alpha value is -2.36. The van der Waals surface area contributed by atoms with E-state index >= 15 is 0 Å². The summed E-state index contributed by atoms with van der Waals surface area (Å²) in [6, 6.07) is 14.6. The number of aliphatic imine (C=N–C) groups is 1. The van der Waals surface area contributed by atoms with Crippen molar-refractivity contribution < 1.29 is 9.66 Å². The molecule has 0 fully saturated rings. The van der Waals surface area contributed by atoms with Crippen LogP contribution in [-0.4, -0.2) is 24.0 Å². The van der Waals surface area contributed by atoms with E-state index in [4.69, 9.17) is 4.74 Å². The van der Waals surface area contributed by atoms with E-state index in [9.17, 15) is 10.1 Å². The number of halogens is 1. The number of fused-ring (bicyclic) bond motifs is 1. The third-order valence-corrected chi connectivity index (χ3v) is 4.18. The number of para-hydroxylation sites is 1. The largest absolute Gasteiger partial charge is 0.493 e. The zero-order valence-corrected chi connectivity index (χ0v) is 17.4. The number of non-ortho nitro benzene ring substituents is 1. The van der Waals surface area contributed by atoms with Crippen molar-refractivity contribution in [1.29, 1.82) is 0 Å². The summed E-state index contributed by atoms with van der Waals surface area (Å²) in [5.74, 6) is 1.62. The molecule has 1 atom stereocenters. The normalized spacial score (nSPS) is 15.7. The number of rotatable bonds is 5. The second-order valence-corrected chi connectivity index (χ2v) is 5.99. The van der Waals surface area contributed by atoms with Gasteiger partial charge in [-0.3, -0.25) is 10.1 Å². The van der Waals surface area contributed by atoms with Gasteiger partial charge < -0.3 is 15.4 Å². The maximum Gasteiger partial charge on any atom is 0.269 e. The van der Waals surface area contributed by atoms with E-state index in [1.54, 1.807) is 12.1 Å². The molecule has 2 aromatic rings. The predicted octanol–water partition coefficient (Wildman–Crippen LogP) is 3.79. The summed E-state index contributed by atoms with van der Waals surface area (Å²) in [7, 11) is 0. The first-order valence-corrected chi connectivity index (χ1v) is 8.67. The van der Waals surface area contributed by atoms with Crippen molar-refractivity contribution in [2.45, 2.75) is 25.9 Å². The van der Waals surface area contributed by atoms with E-state index in [1.165, 1.54) is 12.1 Å². The lowest BCUT2D eigenvalue weighted by atomic mass is 10.0. The maximum atomic E-state index is 10.7. The van der Waals surface area contributed by atoms with Gasteiger partial charge >= 0.3 is 0 Å². The molecule has 144 valence electrons. The van der Waals surface area contributed by atoms with Gasteiger partial charge in [-0.1, -0.05) is 30.3 Å². The summed E-state index contributed by atoms with van der Waals surface area (Å²) in [5.41, 5.74) is 2.13. The molecule has 0 aromatic heterocycles. The number of hydrogen-bond acceptors (Lipinski definition) is 4. The second-order valence-electron chi connectivity index (χ2n) is 5.99. The van der Waals surface area contributed by atoms with Gasteiger partial charge in [0.2, 0.25) is 0 Å². The number of nitrogens with zero attached hydrogens (tertiary/aromatic N) is 2. The van der Waals surface area contributed by atoms with Crippen molar-refractivity contribution in [2.24, 2.45) is 4.99 Å². The Morgan fingerprint density at radius 1 is 1.26 bits per heavy atom. The summed E-state index contributed by atoms with van der Waals surface area (Å²) >= 11 is 0. The first-order chi connectivity index (χ1) is 12.7. The van der Waals surface area contributed by atoms with E-state index < -0.39 is 4.92 Å². The molecule has 0 amide bonds. The van der Waals surface area contributed by atoms with Crippen LogP contribution in [0.25, 0.3) is 0 Å². The van der Waals surface area contributed by atoms with Crippen LogP contribution in [0.5, 0.6) is 5.75 Å². The summed E-state index contributed by atoms with van der Waals surface area (Å²) in [4.78, 5) is 14.9. The quantitative estimate of drug-likeness (QED) is 0.223. The first kappa shape index (κ1) is 20.9. The molecule has 7 nitrogen and oxygen atoms in total. The average Bonchev–Trinajstić information content (AvgIpc) is 2.67. The van der Waals surface area contributed by atoms with E-state index in [2.05, 4.69) is 21.7 Å². The third kappa shape index (κ3) is 5.56. The minimum Gasteiger partial charge on any atom is -0.493 e. The standard InChI is InChI=1S/C19H22N4O3.HI/c1-2-20-19(21-13-14-7-9-15(10-8-14)23(24)25)22-17-11-12-26-18-6-4-3-5-16(17)18;/h3-10,17H,2,11-13H2,1H3,(H2,20,21,22);1H. The minimum absolute atomic E-state index is 0. The van der Waals surface area contributed by atoms with Crippen LogP contribution in [0.3, 0.4) is 0 Å². The Balaban J connectivity index is 0.00000261. The second kappa shape index (κ2) is 10.1. The molecular weight excluding hydrogens is 459 g/mol. The van der Waals surface area contributed by atoms with Crippen LogP contribution in [0.4, 0.5) is 5.69 Å². The van der Waals surface area contributed by atoms with Crippen molar-refractivity contribution in [3.8, 4) is 5.75 Å². The lowest BCUT2D eigenvalue weighted by molar-refractivity contribution is -0.384. The number of nitrogens with one attached hydrogen (secondary N) is 2. The van der Waals surface area contributed by atoms with Gasteiger partial charge in [0.1, 0.15) is 5.75 Å². The summed E-state index contributed by atoms with van der Waals surface area (Å²) in [5, 5.41) is 17.4. The van der Waals surface area contributed by atoms with Gasteiger partial charge in [-0.15, -0.1) is 24.0 Å². The molecule has 0 saturated carbocycles. The topological polar surface area (TPSA) is 88.8 Å². The van der Waals surface area contributed by atoms with Crippen molar-refractivity contribution in [1.82, 2.24) is 10.6 Å². The fourth-order valence-corrected chi connectivity index (χ4v) is 2.87. The number of benzene rings is 2. The molecule has 1 aliphatic rings. The van der Waals surface area contributed by atoms with Crippen molar-refractivity contribution in [3.05, 3.63) is 69.8 Å². The molecule has 1 aliphatic heterocycles. The fourth-order valence-electron chi connectivity index (χ4n) is 2.87. The van der Waals surface area contributed by atoms with Crippen LogP contribution >= 0.6 is 24.0 Å². The van der Waals surface area contributed by atoms with Crippen molar-refractivity contribution in [2.75, 3.05) is 13.2 Å². The number of nitro groups is 1. The third-order valence-electron chi connectivity index (χ3n) is 4.18. The van der Waals surface area contributed by atoms with Crippen molar-refractivity contribution in [3.63, 3.8) is 0 Å². The van der Waals surface area contributed by atoms with Crippen LogP contribution in [0, 0.1) is 10.1 Å². The van der Waals surface area contributed by atoms with Gasteiger partial charge in [0.15, 0.2) is 5.96 Å². The maximum absolute atomic E-state index is 10.7. The molecule has 3 rings (SSSR count). The zero-order valence-electron chi connectivity index (χ0n) is 15.1. The molecule has 0 bridgehead atoms. The molecule has 8 heteroatoms. The van der Waals surface area contributed by atoms with Gasteiger partial charge in [0, 0.05) is 30.7 Å². The molecule has 27 heavy (non-hydrogen) atoms. The Bertz CT molecular complexity index is 796. The molecule has 1 unspecified atom stereocenters. The Morgan fingerprint density at radius 3 is 2.70 bits per heavy atom. The number of hydrogen-bond donors (Lipinski definition) is 2. The van der Waals surface area contributed by atoms with E-state index in [-0.39, 0.29) is 35.7 Å². The highest BCUT2D eigenvalue weighted by molar-refractivity contribution is 14.0. The number of ether oxygens (including phenoxy) is 1. The number of guanidine groups is 1. The average molecular weight is 482 g/mol. The highest BCUT2D eigenvalue weighted by atomic mass is 127. The Labute approximate surface area is 175 Å². The van der Waals surface area contributed by atoms with Gasteiger partial charge in [-0.05, 0) is 18.6 Å². The summed E-state index contributed by atoms with van der Waals surface area (Å²) in [6.07, 6.45) is 0.860. The van der Waals surface area contributed by atoms with Gasteiger partial charge in [0.25, 0.3) is 5.69 Å². The fraction of sp³-hybridized carbons (Fsp3) is 0.316.